The molecule has 0 spiro atoms. The van der Waals surface area contributed by atoms with E-state index in [2.05, 4.69) is 5.32 Å². The van der Waals surface area contributed by atoms with E-state index in [1.54, 1.807) is 22.4 Å². The van der Waals surface area contributed by atoms with Gasteiger partial charge in [-0.15, -0.1) is 11.3 Å². The average molecular weight is 365 g/mol. The van der Waals surface area contributed by atoms with Gasteiger partial charge in [-0.3, -0.25) is 4.79 Å². The maximum atomic E-state index is 12.6. The second kappa shape index (κ2) is 6.92. The third-order valence-corrected chi connectivity index (χ3v) is 7.12. The van der Waals surface area contributed by atoms with Crippen molar-refractivity contribution in [2.45, 2.75) is 10.8 Å². The first-order valence-electron chi connectivity index (χ1n) is 7.58. The molecule has 0 atom stereocenters. The summed E-state index contributed by atoms with van der Waals surface area (Å²) in [7, 11) is -2.17. The van der Waals surface area contributed by atoms with Gasteiger partial charge in [0, 0.05) is 32.4 Å². The molecular formula is C16H19N3O3S2. The van der Waals surface area contributed by atoms with E-state index in [1.807, 2.05) is 24.3 Å². The van der Waals surface area contributed by atoms with Crippen molar-refractivity contribution in [1.82, 2.24) is 9.21 Å². The first-order chi connectivity index (χ1) is 11.5. The predicted molar refractivity (Wildman–Crippen MR) is 94.5 cm³/mol. The maximum absolute atomic E-state index is 12.6. The highest BCUT2D eigenvalue weighted by atomic mass is 32.2. The van der Waals surface area contributed by atoms with Gasteiger partial charge in [-0.2, -0.15) is 4.31 Å². The van der Waals surface area contributed by atoms with Crippen LogP contribution in [-0.4, -0.2) is 50.2 Å². The fourth-order valence-corrected chi connectivity index (χ4v) is 4.91. The van der Waals surface area contributed by atoms with E-state index >= 15 is 0 Å². The molecule has 0 unspecified atom stereocenters. The van der Waals surface area contributed by atoms with E-state index in [1.165, 1.54) is 7.05 Å². The molecule has 1 N–H and O–H groups in total. The van der Waals surface area contributed by atoms with Crippen molar-refractivity contribution in [3.8, 4) is 0 Å². The van der Waals surface area contributed by atoms with Gasteiger partial charge in [0.05, 0.1) is 6.54 Å². The molecule has 3 rings (SSSR count). The molecule has 0 bridgehead atoms. The summed E-state index contributed by atoms with van der Waals surface area (Å²) >= 11 is 1.15. The monoisotopic (exact) mass is 365 g/mol. The molecule has 0 aliphatic carbocycles. The quantitative estimate of drug-likeness (QED) is 0.897. The number of thiophene rings is 1. The number of fused-ring (bicyclic) bond motifs is 1. The Morgan fingerprint density at radius 1 is 1.29 bits per heavy atom. The number of carbonyl (C=O) groups excluding carboxylic acids is 1. The van der Waals surface area contributed by atoms with Crippen LogP contribution in [0.25, 0.3) is 0 Å². The van der Waals surface area contributed by atoms with Gasteiger partial charge < -0.3 is 10.2 Å². The van der Waals surface area contributed by atoms with E-state index in [0.717, 1.165) is 26.9 Å². The van der Waals surface area contributed by atoms with Crippen LogP contribution in [0.1, 0.15) is 5.56 Å². The number of hydrogen-bond acceptors (Lipinski definition) is 5. The number of nitrogens with one attached hydrogen (secondary N) is 1. The third-order valence-electron chi connectivity index (χ3n) is 3.95. The fraction of sp³-hybridized carbons (Fsp3) is 0.312. The van der Waals surface area contributed by atoms with Crippen LogP contribution in [0.4, 0.5) is 5.69 Å². The van der Waals surface area contributed by atoms with Gasteiger partial charge in [-0.1, -0.05) is 24.3 Å². The Morgan fingerprint density at radius 3 is 2.83 bits per heavy atom. The van der Waals surface area contributed by atoms with Crippen LogP contribution in [0.3, 0.4) is 0 Å². The van der Waals surface area contributed by atoms with E-state index in [9.17, 15) is 13.2 Å². The lowest BCUT2D eigenvalue weighted by atomic mass is 10.1. The van der Waals surface area contributed by atoms with Gasteiger partial charge in [0.15, 0.2) is 0 Å². The first-order valence-corrected chi connectivity index (χ1v) is 9.90. The smallest absolute Gasteiger partial charge is 0.252 e. The molecule has 0 saturated carbocycles. The van der Waals surface area contributed by atoms with Crippen molar-refractivity contribution in [2.75, 3.05) is 32.0 Å². The molecule has 1 amide bonds. The largest absolute Gasteiger partial charge is 0.383 e. The van der Waals surface area contributed by atoms with Gasteiger partial charge in [0.2, 0.25) is 5.91 Å². The number of benzene rings is 1. The van der Waals surface area contributed by atoms with E-state index < -0.39 is 10.0 Å². The zero-order valence-corrected chi connectivity index (χ0v) is 14.9. The summed E-state index contributed by atoms with van der Waals surface area (Å²) < 4.78 is 26.2. The Labute approximate surface area is 145 Å². The van der Waals surface area contributed by atoms with Crippen molar-refractivity contribution in [1.29, 1.82) is 0 Å². The number of likely N-dealkylation sites (N-methyl/N-ethyl adjacent to an activating group) is 1. The van der Waals surface area contributed by atoms with Gasteiger partial charge in [-0.25, -0.2) is 8.42 Å². The number of anilines is 1. The third kappa shape index (κ3) is 3.45. The summed E-state index contributed by atoms with van der Waals surface area (Å²) in [6, 6.07) is 11.1. The van der Waals surface area contributed by atoms with Gasteiger partial charge in [-0.05, 0) is 23.1 Å². The number of carbonyl (C=O) groups is 1. The Balaban J connectivity index is 1.71. The summed E-state index contributed by atoms with van der Waals surface area (Å²) in [4.78, 5) is 14.3. The summed E-state index contributed by atoms with van der Waals surface area (Å²) in [6.07, 6.45) is 0. The van der Waals surface area contributed by atoms with Crippen LogP contribution in [0.5, 0.6) is 0 Å². The lowest BCUT2D eigenvalue weighted by Gasteiger charge is -2.23. The summed E-state index contributed by atoms with van der Waals surface area (Å²) in [5.41, 5.74) is 2.06. The highest BCUT2D eigenvalue weighted by molar-refractivity contribution is 7.91. The molecule has 1 aromatic heterocycles. The zero-order chi connectivity index (χ0) is 17.2. The molecule has 2 aromatic rings. The molecule has 0 saturated heterocycles. The highest BCUT2D eigenvalue weighted by Gasteiger charge is 2.26. The molecule has 8 heteroatoms. The molecule has 0 fully saturated rings. The lowest BCUT2D eigenvalue weighted by molar-refractivity contribution is -0.131. The van der Waals surface area contributed by atoms with Gasteiger partial charge >= 0.3 is 0 Å². The van der Waals surface area contributed by atoms with Crippen LogP contribution < -0.4 is 5.32 Å². The minimum Gasteiger partial charge on any atom is -0.383 e. The van der Waals surface area contributed by atoms with Crippen LogP contribution in [-0.2, 0) is 21.4 Å². The molecule has 24 heavy (non-hydrogen) atoms. The minimum absolute atomic E-state index is 0.164. The first kappa shape index (κ1) is 16.9. The Kier molecular flexibility index (Phi) is 4.88. The van der Waals surface area contributed by atoms with Gasteiger partial charge in [0.1, 0.15) is 4.21 Å². The van der Waals surface area contributed by atoms with Crippen molar-refractivity contribution >= 4 is 33.0 Å². The number of para-hydroxylation sites is 1. The van der Waals surface area contributed by atoms with Crippen molar-refractivity contribution in [3.63, 3.8) is 0 Å². The molecule has 128 valence electrons. The highest BCUT2D eigenvalue weighted by Crippen LogP contribution is 2.22. The van der Waals surface area contributed by atoms with Crippen LogP contribution >= 0.6 is 11.3 Å². The number of sulfonamides is 1. The minimum atomic E-state index is -3.61. The van der Waals surface area contributed by atoms with Crippen LogP contribution in [0.2, 0.25) is 0 Å². The molecular weight excluding hydrogens is 346 g/mol. The number of rotatable bonds is 4. The molecule has 2 heterocycles. The van der Waals surface area contributed by atoms with Crippen LogP contribution in [0, 0.1) is 0 Å². The fourth-order valence-electron chi connectivity index (χ4n) is 2.59. The van der Waals surface area contributed by atoms with E-state index in [4.69, 9.17) is 0 Å². The maximum Gasteiger partial charge on any atom is 0.252 e. The van der Waals surface area contributed by atoms with Crippen molar-refractivity contribution in [2.24, 2.45) is 0 Å². The van der Waals surface area contributed by atoms with Crippen molar-refractivity contribution < 1.29 is 13.2 Å². The summed E-state index contributed by atoms with van der Waals surface area (Å²) in [6.45, 7) is 1.50. The average Bonchev–Trinajstić information content (AvgIpc) is 3.02. The zero-order valence-electron chi connectivity index (χ0n) is 13.3. The summed E-state index contributed by atoms with van der Waals surface area (Å²) in [5, 5.41) is 5.00. The van der Waals surface area contributed by atoms with Gasteiger partial charge in [0.25, 0.3) is 10.0 Å². The second-order valence-corrected chi connectivity index (χ2v) is 8.81. The molecule has 1 aliphatic heterocycles. The van der Waals surface area contributed by atoms with Crippen LogP contribution in [0.15, 0.2) is 46.0 Å². The summed E-state index contributed by atoms with van der Waals surface area (Å²) in [5.74, 6) is -0.198. The van der Waals surface area contributed by atoms with E-state index in [-0.39, 0.29) is 16.7 Å². The topological polar surface area (TPSA) is 69.7 Å². The second-order valence-electron chi connectivity index (χ2n) is 5.59. The molecule has 0 radical (unpaired) electrons. The van der Waals surface area contributed by atoms with E-state index in [0.29, 0.717) is 19.6 Å². The SMILES string of the molecule is CN(CC(=O)N1CCNc2ccccc2C1)S(=O)(=O)c1cccs1. The standard InChI is InChI=1S/C16H19N3O3S2/c1-18(24(21,22)16-7-4-10-23-16)12-15(20)19-9-8-17-14-6-3-2-5-13(14)11-19/h2-7,10,17H,8-9,11-12H2,1H3. The lowest BCUT2D eigenvalue weighted by Crippen LogP contribution is -2.41. The Bertz CT molecular complexity index is 819. The Hall–Kier alpha value is -1.90. The normalized spacial score (nSPS) is 14.8. The molecule has 1 aromatic carbocycles. The number of hydrogen-bond donors (Lipinski definition) is 1. The number of amides is 1. The predicted octanol–water partition coefficient (Wildman–Crippen LogP) is 1.82. The molecule has 6 nitrogen and oxygen atoms in total. The molecule has 1 aliphatic rings. The van der Waals surface area contributed by atoms with Crippen molar-refractivity contribution in [3.05, 3.63) is 47.3 Å². The number of nitrogens with zero attached hydrogens (tertiary/aromatic N) is 2. The Morgan fingerprint density at radius 2 is 2.08 bits per heavy atom.